The van der Waals surface area contributed by atoms with Gasteiger partial charge in [-0.05, 0) is 43.5 Å². The molecule has 1 amide bonds. The number of carbonyl (C=O) groups is 1. The Balaban J connectivity index is 1.43. The zero-order valence-electron chi connectivity index (χ0n) is 18.2. The van der Waals surface area contributed by atoms with Crippen LogP contribution < -0.4 is 4.90 Å². The van der Waals surface area contributed by atoms with Gasteiger partial charge in [-0.25, -0.2) is 0 Å². The molecule has 0 spiro atoms. The third-order valence-corrected chi connectivity index (χ3v) is 5.96. The molecule has 1 unspecified atom stereocenters. The molecule has 0 saturated carbocycles. The second-order valence-corrected chi connectivity index (χ2v) is 8.57. The number of nitrogens with zero attached hydrogens (tertiary/aromatic N) is 3. The van der Waals surface area contributed by atoms with E-state index in [0.717, 1.165) is 17.8 Å². The number of hydrogen-bond acceptors (Lipinski definition) is 3. The molecule has 30 heavy (non-hydrogen) atoms. The molecule has 1 fully saturated rings. The number of piperazine rings is 1. The van der Waals surface area contributed by atoms with Crippen LogP contribution in [-0.2, 0) is 0 Å². The van der Waals surface area contributed by atoms with Crippen LogP contribution in [0.4, 0.5) is 5.69 Å². The molecule has 1 saturated heterocycles. The lowest BCUT2D eigenvalue weighted by Crippen LogP contribution is -2.53. The lowest BCUT2D eigenvalue weighted by Gasteiger charge is -2.41. The summed E-state index contributed by atoms with van der Waals surface area (Å²) in [5, 5.41) is 7.33. The number of aromatic nitrogens is 2. The Labute approximate surface area is 178 Å². The maximum atomic E-state index is 13.1. The molecule has 0 aliphatic carbocycles. The first-order valence-electron chi connectivity index (χ1n) is 10.7. The lowest BCUT2D eigenvalue weighted by atomic mass is 10.0. The Morgan fingerprint density at radius 3 is 2.40 bits per heavy atom. The van der Waals surface area contributed by atoms with E-state index >= 15 is 0 Å². The van der Waals surface area contributed by atoms with Gasteiger partial charge in [0, 0.05) is 36.9 Å². The fourth-order valence-corrected chi connectivity index (χ4v) is 4.05. The quantitative estimate of drug-likeness (QED) is 0.678. The Morgan fingerprint density at radius 2 is 1.77 bits per heavy atom. The highest BCUT2D eigenvalue weighted by Crippen LogP contribution is 2.24. The van der Waals surface area contributed by atoms with Gasteiger partial charge in [-0.3, -0.25) is 9.89 Å². The highest BCUT2D eigenvalue weighted by atomic mass is 16.2. The predicted octanol–water partition coefficient (Wildman–Crippen LogP) is 4.86. The van der Waals surface area contributed by atoms with Crippen LogP contribution in [0.1, 0.15) is 48.3 Å². The van der Waals surface area contributed by atoms with Gasteiger partial charge in [-0.15, -0.1) is 0 Å². The minimum Gasteiger partial charge on any atom is -0.365 e. The van der Waals surface area contributed by atoms with Gasteiger partial charge in [0.05, 0.1) is 5.69 Å². The van der Waals surface area contributed by atoms with Crippen LogP contribution in [0.5, 0.6) is 0 Å². The smallest absolute Gasteiger partial charge is 0.272 e. The summed E-state index contributed by atoms with van der Waals surface area (Å²) in [7, 11) is 0. The second-order valence-electron chi connectivity index (χ2n) is 8.57. The Kier molecular flexibility index (Phi) is 5.62. The van der Waals surface area contributed by atoms with Gasteiger partial charge in [0.15, 0.2) is 0 Å². The Hall–Kier alpha value is -3.08. The van der Waals surface area contributed by atoms with Crippen molar-refractivity contribution in [2.75, 3.05) is 24.5 Å². The number of hydrogen-bond donors (Lipinski definition) is 1. The summed E-state index contributed by atoms with van der Waals surface area (Å²) in [6.45, 7) is 10.9. The number of nitrogens with one attached hydrogen (secondary N) is 1. The zero-order chi connectivity index (χ0) is 21.3. The topological polar surface area (TPSA) is 52.2 Å². The summed E-state index contributed by atoms with van der Waals surface area (Å²) in [4.78, 5) is 17.4. The third-order valence-electron chi connectivity index (χ3n) is 5.96. The van der Waals surface area contributed by atoms with E-state index in [1.807, 2.05) is 11.0 Å². The summed E-state index contributed by atoms with van der Waals surface area (Å²) in [6, 6.07) is 19.1. The van der Waals surface area contributed by atoms with Gasteiger partial charge in [0.2, 0.25) is 0 Å². The molecular weight excluding hydrogens is 372 g/mol. The van der Waals surface area contributed by atoms with Gasteiger partial charge in [0.25, 0.3) is 5.91 Å². The molecule has 1 aliphatic heterocycles. The Morgan fingerprint density at radius 1 is 1.07 bits per heavy atom. The number of benzene rings is 2. The van der Waals surface area contributed by atoms with Crippen LogP contribution in [-0.4, -0.2) is 46.7 Å². The van der Waals surface area contributed by atoms with E-state index < -0.39 is 0 Å². The van der Waals surface area contributed by atoms with Gasteiger partial charge in [-0.2, -0.15) is 5.10 Å². The normalized spacial score (nSPS) is 16.9. The van der Waals surface area contributed by atoms with E-state index in [-0.39, 0.29) is 11.9 Å². The van der Waals surface area contributed by atoms with Gasteiger partial charge < -0.3 is 9.80 Å². The van der Waals surface area contributed by atoms with Crippen LogP contribution in [0.15, 0.2) is 54.6 Å². The molecule has 1 N–H and O–H groups in total. The van der Waals surface area contributed by atoms with E-state index in [2.05, 4.69) is 91.3 Å². The van der Waals surface area contributed by atoms with Gasteiger partial charge in [0.1, 0.15) is 5.69 Å². The van der Waals surface area contributed by atoms with E-state index in [1.54, 1.807) is 0 Å². The number of amides is 1. The average molecular weight is 403 g/mol. The molecule has 0 bridgehead atoms. The largest absolute Gasteiger partial charge is 0.365 e. The van der Waals surface area contributed by atoms with Crippen LogP contribution in [0.3, 0.4) is 0 Å². The van der Waals surface area contributed by atoms with Crippen molar-refractivity contribution < 1.29 is 4.79 Å². The molecule has 0 radical (unpaired) electrons. The molecule has 1 atom stereocenters. The minimum atomic E-state index is 0.0166. The maximum absolute atomic E-state index is 13.1. The molecule has 4 rings (SSSR count). The van der Waals surface area contributed by atoms with Gasteiger partial charge >= 0.3 is 0 Å². The molecular formula is C25H30N4O. The molecule has 2 aromatic carbocycles. The molecule has 1 aliphatic rings. The number of H-pyrrole nitrogens is 1. The first kappa shape index (κ1) is 20.2. The van der Waals surface area contributed by atoms with E-state index in [4.69, 9.17) is 0 Å². The molecule has 5 nitrogen and oxygen atoms in total. The highest BCUT2D eigenvalue weighted by Gasteiger charge is 2.28. The van der Waals surface area contributed by atoms with E-state index in [9.17, 15) is 4.79 Å². The van der Waals surface area contributed by atoms with Crippen LogP contribution >= 0.6 is 0 Å². The van der Waals surface area contributed by atoms with E-state index in [1.165, 1.54) is 16.8 Å². The summed E-state index contributed by atoms with van der Waals surface area (Å²) in [5.74, 6) is 0.513. The summed E-state index contributed by atoms with van der Waals surface area (Å²) >= 11 is 0. The standard InChI is InChI=1S/C25H30N4O/c1-17(2)20-7-9-21(10-8-20)23-15-24(27-26-23)25(30)28-13-14-29(19(4)16-28)22-11-5-18(3)6-12-22/h5-12,15,17,19H,13-14,16H2,1-4H3,(H,26,27). The van der Waals surface area contributed by atoms with Crippen molar-refractivity contribution in [1.82, 2.24) is 15.1 Å². The second kappa shape index (κ2) is 8.34. The number of anilines is 1. The van der Waals surface area contributed by atoms with Crippen LogP contribution in [0, 0.1) is 6.92 Å². The van der Waals surface area contributed by atoms with Crippen molar-refractivity contribution >= 4 is 11.6 Å². The van der Waals surface area contributed by atoms with Crippen molar-refractivity contribution in [3.8, 4) is 11.3 Å². The van der Waals surface area contributed by atoms with Crippen molar-refractivity contribution in [2.45, 2.75) is 39.7 Å². The highest BCUT2D eigenvalue weighted by molar-refractivity contribution is 5.93. The van der Waals surface area contributed by atoms with Crippen molar-refractivity contribution in [3.63, 3.8) is 0 Å². The fraction of sp³-hybridized carbons (Fsp3) is 0.360. The lowest BCUT2D eigenvalue weighted by molar-refractivity contribution is 0.0720. The van der Waals surface area contributed by atoms with Crippen LogP contribution in [0.2, 0.25) is 0 Å². The van der Waals surface area contributed by atoms with Crippen LogP contribution in [0.25, 0.3) is 11.3 Å². The SMILES string of the molecule is Cc1ccc(N2CCN(C(=O)c3cc(-c4ccc(C(C)C)cc4)n[nH]3)CC2C)cc1. The first-order chi connectivity index (χ1) is 14.4. The average Bonchev–Trinajstić information content (AvgIpc) is 3.24. The fourth-order valence-electron chi connectivity index (χ4n) is 4.05. The number of aromatic amines is 1. The monoisotopic (exact) mass is 402 g/mol. The molecule has 3 aromatic rings. The van der Waals surface area contributed by atoms with Crippen molar-refractivity contribution in [1.29, 1.82) is 0 Å². The summed E-state index contributed by atoms with van der Waals surface area (Å²) in [6.07, 6.45) is 0. The third kappa shape index (κ3) is 4.11. The van der Waals surface area contributed by atoms with Gasteiger partial charge in [-0.1, -0.05) is 55.8 Å². The Bertz CT molecular complexity index is 1000. The molecule has 5 heteroatoms. The maximum Gasteiger partial charge on any atom is 0.272 e. The zero-order valence-corrected chi connectivity index (χ0v) is 18.2. The summed E-state index contributed by atoms with van der Waals surface area (Å²) in [5.41, 5.74) is 6.15. The minimum absolute atomic E-state index is 0.0166. The van der Waals surface area contributed by atoms with Crippen molar-refractivity contribution in [2.24, 2.45) is 0 Å². The molecule has 156 valence electrons. The molecule has 2 heterocycles. The number of rotatable bonds is 4. The predicted molar refractivity (Wildman–Crippen MR) is 122 cm³/mol. The van der Waals surface area contributed by atoms with E-state index in [0.29, 0.717) is 24.7 Å². The molecule has 1 aromatic heterocycles. The number of aryl methyl sites for hydroxylation is 1. The number of carbonyl (C=O) groups excluding carboxylic acids is 1. The summed E-state index contributed by atoms with van der Waals surface area (Å²) < 4.78 is 0. The first-order valence-corrected chi connectivity index (χ1v) is 10.7. The van der Waals surface area contributed by atoms with Crippen molar-refractivity contribution in [3.05, 3.63) is 71.4 Å².